The topological polar surface area (TPSA) is 43.4 Å². The molecule has 0 radical (unpaired) electrons. The van der Waals surface area contributed by atoms with Gasteiger partial charge in [-0.2, -0.15) is 0 Å². The van der Waals surface area contributed by atoms with Crippen molar-refractivity contribution in [3.63, 3.8) is 0 Å². The second-order valence-corrected chi connectivity index (χ2v) is 10.6. The van der Waals surface area contributed by atoms with E-state index in [0.717, 1.165) is 25.7 Å². The Kier molecular flexibility index (Phi) is 20.8. The van der Waals surface area contributed by atoms with Gasteiger partial charge in [-0.1, -0.05) is 154 Å². The predicted octanol–water partition coefficient (Wildman–Crippen LogP) is 10.0. The summed E-state index contributed by atoms with van der Waals surface area (Å²) < 4.78 is 4.92. The van der Waals surface area contributed by atoms with Crippen LogP contribution >= 0.6 is 0 Å². The largest absolute Gasteiger partial charge is 0.392 e. The second-order valence-electron chi connectivity index (χ2n) is 10.6. The van der Waals surface area contributed by atoms with Crippen molar-refractivity contribution >= 4 is 11.9 Å². The first-order chi connectivity index (χ1) is 17.2. The number of rotatable bonds is 24. The molecule has 3 nitrogen and oxygen atoms in total. The molecule has 3 heteroatoms. The van der Waals surface area contributed by atoms with Gasteiger partial charge in [0.2, 0.25) is 0 Å². The van der Waals surface area contributed by atoms with Crippen LogP contribution in [-0.4, -0.2) is 11.9 Å². The van der Waals surface area contributed by atoms with Crippen LogP contribution in [-0.2, 0) is 14.3 Å². The number of ether oxygens (including phenoxy) is 1. The normalized spacial score (nSPS) is 18.3. The highest BCUT2D eigenvalue weighted by atomic mass is 16.6. The van der Waals surface area contributed by atoms with Crippen LogP contribution in [0, 0.1) is 11.8 Å². The number of unbranched alkanes of at least 4 members (excludes halogenated alkanes) is 20. The van der Waals surface area contributed by atoms with Crippen LogP contribution in [0.4, 0.5) is 0 Å². The fraction of sp³-hybridized carbons (Fsp3) is 0.812. The van der Waals surface area contributed by atoms with Crippen molar-refractivity contribution in [3.05, 3.63) is 24.3 Å². The van der Waals surface area contributed by atoms with Crippen LogP contribution in [0.15, 0.2) is 24.3 Å². The SMILES string of the molecule is CCCCCCCCCCCCC=CC1C(=O)OC(=O)C1C=CCCCCCCCCCCCC. The molecule has 0 amide bonds. The maximum atomic E-state index is 12.1. The lowest BCUT2D eigenvalue weighted by Gasteiger charge is -2.05. The summed E-state index contributed by atoms with van der Waals surface area (Å²) in [5.41, 5.74) is 0. The van der Waals surface area contributed by atoms with Crippen LogP contribution in [0.1, 0.15) is 155 Å². The zero-order valence-electron chi connectivity index (χ0n) is 23.2. The van der Waals surface area contributed by atoms with Crippen molar-refractivity contribution < 1.29 is 14.3 Å². The maximum Gasteiger partial charge on any atom is 0.321 e. The lowest BCUT2D eigenvalue weighted by atomic mass is 9.93. The molecule has 0 aromatic carbocycles. The zero-order valence-corrected chi connectivity index (χ0v) is 23.2. The summed E-state index contributed by atoms with van der Waals surface area (Å²) in [6, 6.07) is 0. The smallest absolute Gasteiger partial charge is 0.321 e. The van der Waals surface area contributed by atoms with E-state index in [1.54, 1.807) is 0 Å². The number of hydrogen-bond donors (Lipinski definition) is 0. The van der Waals surface area contributed by atoms with Gasteiger partial charge in [0.1, 0.15) is 0 Å². The molecule has 2 unspecified atom stereocenters. The maximum absolute atomic E-state index is 12.1. The molecule has 2 atom stereocenters. The molecule has 0 bridgehead atoms. The van der Waals surface area contributed by atoms with E-state index >= 15 is 0 Å². The number of esters is 2. The Bertz CT molecular complexity index is 527. The van der Waals surface area contributed by atoms with Crippen LogP contribution in [0.2, 0.25) is 0 Å². The van der Waals surface area contributed by atoms with E-state index in [4.69, 9.17) is 4.74 Å². The van der Waals surface area contributed by atoms with Crippen molar-refractivity contribution in [2.75, 3.05) is 0 Å². The highest BCUT2D eigenvalue weighted by Crippen LogP contribution is 2.27. The summed E-state index contributed by atoms with van der Waals surface area (Å²) in [4.78, 5) is 24.2. The third kappa shape index (κ3) is 16.8. The van der Waals surface area contributed by atoms with E-state index in [-0.39, 0.29) is 11.9 Å². The summed E-state index contributed by atoms with van der Waals surface area (Å²) >= 11 is 0. The first-order valence-electron chi connectivity index (χ1n) is 15.3. The third-order valence-electron chi connectivity index (χ3n) is 7.27. The zero-order chi connectivity index (χ0) is 25.4. The molecule has 35 heavy (non-hydrogen) atoms. The predicted molar refractivity (Wildman–Crippen MR) is 149 cm³/mol. The van der Waals surface area contributed by atoms with Crippen LogP contribution in [0.3, 0.4) is 0 Å². The average molecular weight is 489 g/mol. The van der Waals surface area contributed by atoms with E-state index in [2.05, 4.69) is 26.0 Å². The van der Waals surface area contributed by atoms with E-state index in [9.17, 15) is 9.59 Å². The highest BCUT2D eigenvalue weighted by Gasteiger charge is 2.40. The van der Waals surface area contributed by atoms with E-state index in [0.29, 0.717) is 0 Å². The molecule has 1 heterocycles. The van der Waals surface area contributed by atoms with Crippen molar-refractivity contribution in [1.82, 2.24) is 0 Å². The summed E-state index contributed by atoms with van der Waals surface area (Å²) in [6.45, 7) is 4.53. The Morgan fingerprint density at radius 2 is 0.771 bits per heavy atom. The Hall–Kier alpha value is -1.38. The van der Waals surface area contributed by atoms with Crippen LogP contribution in [0.5, 0.6) is 0 Å². The third-order valence-corrected chi connectivity index (χ3v) is 7.27. The fourth-order valence-corrected chi connectivity index (χ4v) is 4.91. The van der Waals surface area contributed by atoms with E-state index < -0.39 is 11.8 Å². The molecule has 0 saturated carbocycles. The molecular formula is C32H56O3. The number of carbonyl (C=O) groups is 2. The van der Waals surface area contributed by atoms with Gasteiger partial charge in [0.25, 0.3) is 0 Å². The summed E-state index contributed by atoms with van der Waals surface area (Å²) in [5, 5.41) is 0. The molecule has 0 aromatic rings. The van der Waals surface area contributed by atoms with Crippen molar-refractivity contribution in [3.8, 4) is 0 Å². The first kappa shape index (κ1) is 31.6. The van der Waals surface area contributed by atoms with Gasteiger partial charge in [0, 0.05) is 0 Å². The van der Waals surface area contributed by atoms with Crippen molar-refractivity contribution in [2.24, 2.45) is 11.8 Å². The van der Waals surface area contributed by atoms with Gasteiger partial charge >= 0.3 is 11.9 Å². The minimum absolute atomic E-state index is 0.386. The lowest BCUT2D eigenvalue weighted by Crippen LogP contribution is -2.13. The second kappa shape index (κ2) is 23.0. The highest BCUT2D eigenvalue weighted by molar-refractivity contribution is 5.98. The standard InChI is InChI=1S/C32H56O3/c1-3-5-7-9-11-13-15-17-19-21-23-25-27-29-30(32(34)35-31(29)33)28-26-24-22-20-18-16-14-12-10-8-6-4-2/h25-30H,3-24H2,1-2H3. The van der Waals surface area contributed by atoms with E-state index in [1.807, 2.05) is 12.2 Å². The Balaban J connectivity index is 2.11. The Labute approximate surface area is 217 Å². The molecule has 1 rings (SSSR count). The number of allylic oxidation sites excluding steroid dienone is 2. The van der Waals surface area contributed by atoms with Gasteiger partial charge in [-0.05, 0) is 25.7 Å². The lowest BCUT2D eigenvalue weighted by molar-refractivity contribution is -0.153. The molecule has 202 valence electrons. The van der Waals surface area contributed by atoms with Gasteiger partial charge in [0.15, 0.2) is 0 Å². The van der Waals surface area contributed by atoms with Crippen LogP contribution in [0.25, 0.3) is 0 Å². The Morgan fingerprint density at radius 3 is 1.09 bits per heavy atom. The van der Waals surface area contributed by atoms with E-state index in [1.165, 1.54) is 116 Å². The number of hydrogen-bond acceptors (Lipinski definition) is 3. The molecule has 1 saturated heterocycles. The summed E-state index contributed by atoms with van der Waals surface area (Å²) in [5.74, 6) is -1.64. The molecule has 0 aromatic heterocycles. The molecule has 0 spiro atoms. The molecule has 0 aliphatic carbocycles. The molecule has 1 fully saturated rings. The average Bonchev–Trinajstić information content (AvgIpc) is 3.12. The van der Waals surface area contributed by atoms with Gasteiger partial charge < -0.3 is 4.74 Å². The fourth-order valence-electron chi connectivity index (χ4n) is 4.91. The van der Waals surface area contributed by atoms with Crippen LogP contribution < -0.4 is 0 Å². The van der Waals surface area contributed by atoms with Crippen molar-refractivity contribution in [2.45, 2.75) is 155 Å². The van der Waals surface area contributed by atoms with Gasteiger partial charge in [-0.3, -0.25) is 9.59 Å². The van der Waals surface area contributed by atoms with Gasteiger partial charge in [-0.25, -0.2) is 0 Å². The quantitative estimate of drug-likeness (QED) is 0.0587. The molecule has 1 aliphatic heterocycles. The number of cyclic esters (lactones) is 2. The number of carbonyl (C=O) groups excluding carboxylic acids is 2. The minimum Gasteiger partial charge on any atom is -0.392 e. The first-order valence-corrected chi connectivity index (χ1v) is 15.3. The summed E-state index contributed by atoms with van der Waals surface area (Å²) in [7, 11) is 0. The van der Waals surface area contributed by atoms with Gasteiger partial charge in [-0.15, -0.1) is 0 Å². The summed E-state index contributed by atoms with van der Waals surface area (Å²) in [6.07, 6.45) is 36.5. The monoisotopic (exact) mass is 488 g/mol. The molecule has 1 aliphatic rings. The van der Waals surface area contributed by atoms with Crippen molar-refractivity contribution in [1.29, 1.82) is 0 Å². The molecular weight excluding hydrogens is 432 g/mol. The minimum atomic E-state index is -0.436. The van der Waals surface area contributed by atoms with Gasteiger partial charge in [0.05, 0.1) is 11.8 Å². The Morgan fingerprint density at radius 1 is 0.486 bits per heavy atom. The molecule has 0 N–H and O–H groups in total.